The van der Waals surface area contributed by atoms with Crippen molar-refractivity contribution in [3.05, 3.63) is 54.1 Å². The number of sulfone groups is 1. The van der Waals surface area contributed by atoms with Crippen molar-refractivity contribution >= 4 is 27.2 Å². The van der Waals surface area contributed by atoms with Crippen LogP contribution in [0, 0.1) is 0 Å². The number of anilines is 2. The molecule has 0 aliphatic rings. The quantitative estimate of drug-likeness (QED) is 0.887. The maximum atomic E-state index is 11.7. The summed E-state index contributed by atoms with van der Waals surface area (Å²) in [5.41, 5.74) is 1.67. The van der Waals surface area contributed by atoms with E-state index in [0.717, 1.165) is 11.4 Å². The molecule has 0 aromatic heterocycles. The molecule has 0 bridgehead atoms. The second kappa shape index (κ2) is 5.97. The summed E-state index contributed by atoms with van der Waals surface area (Å²) in [6.45, 7) is 1.60. The maximum absolute atomic E-state index is 11.7. The van der Waals surface area contributed by atoms with Crippen molar-refractivity contribution in [2.75, 3.05) is 11.1 Å². The zero-order valence-corrected chi connectivity index (χ0v) is 12.2. The minimum atomic E-state index is -3.20. The van der Waals surface area contributed by atoms with Crippen LogP contribution in [0.15, 0.2) is 53.4 Å². The summed E-state index contributed by atoms with van der Waals surface area (Å²) in [5.74, 6) is -0.910. The first-order valence-corrected chi connectivity index (χ1v) is 8.01. The third kappa shape index (κ3) is 3.61. The SMILES string of the molecule is CCS(=O)(=O)c1ccc(Nc2ccc(C(=O)O)cc2)cc1. The molecule has 2 aromatic rings. The highest BCUT2D eigenvalue weighted by Crippen LogP contribution is 2.20. The molecule has 0 radical (unpaired) electrons. The number of nitrogens with one attached hydrogen (secondary N) is 1. The standard InChI is InChI=1S/C15H15NO4S/c1-2-21(19,20)14-9-7-13(8-10-14)16-12-5-3-11(4-6-12)15(17)18/h3-10,16H,2H2,1H3,(H,17,18). The number of carboxylic acid groups (broad SMARTS) is 1. The van der Waals surface area contributed by atoms with Crippen molar-refractivity contribution in [2.45, 2.75) is 11.8 Å². The molecule has 2 rings (SSSR count). The van der Waals surface area contributed by atoms with Gasteiger partial charge in [-0.15, -0.1) is 0 Å². The van der Waals surface area contributed by atoms with Crippen LogP contribution in [0.25, 0.3) is 0 Å². The Balaban J connectivity index is 2.15. The van der Waals surface area contributed by atoms with E-state index in [1.807, 2.05) is 0 Å². The van der Waals surface area contributed by atoms with Crippen molar-refractivity contribution in [1.29, 1.82) is 0 Å². The highest BCUT2D eigenvalue weighted by atomic mass is 32.2. The van der Waals surface area contributed by atoms with Crippen molar-refractivity contribution < 1.29 is 18.3 Å². The van der Waals surface area contributed by atoms with Gasteiger partial charge in [0.25, 0.3) is 0 Å². The summed E-state index contributed by atoms with van der Waals surface area (Å²) in [4.78, 5) is 11.0. The average molecular weight is 305 g/mol. The van der Waals surface area contributed by atoms with Crippen LogP contribution >= 0.6 is 0 Å². The van der Waals surface area contributed by atoms with Crippen molar-refractivity contribution in [3.8, 4) is 0 Å². The molecule has 5 nitrogen and oxygen atoms in total. The first-order chi connectivity index (χ1) is 9.92. The van der Waals surface area contributed by atoms with E-state index >= 15 is 0 Å². The predicted octanol–water partition coefficient (Wildman–Crippen LogP) is 2.92. The topological polar surface area (TPSA) is 83.5 Å². The Hall–Kier alpha value is -2.34. The molecular weight excluding hydrogens is 290 g/mol. The molecule has 2 N–H and O–H groups in total. The zero-order chi connectivity index (χ0) is 15.5. The Morgan fingerprint density at radius 2 is 1.48 bits per heavy atom. The first-order valence-electron chi connectivity index (χ1n) is 6.35. The fourth-order valence-electron chi connectivity index (χ4n) is 1.78. The van der Waals surface area contributed by atoms with E-state index < -0.39 is 15.8 Å². The second-order valence-electron chi connectivity index (χ2n) is 4.44. The van der Waals surface area contributed by atoms with Crippen LogP contribution < -0.4 is 5.32 Å². The summed E-state index contributed by atoms with van der Waals surface area (Å²) in [6, 6.07) is 12.8. The molecule has 0 saturated heterocycles. The van der Waals surface area contributed by atoms with Crippen molar-refractivity contribution in [3.63, 3.8) is 0 Å². The molecule has 0 fully saturated rings. The van der Waals surface area contributed by atoms with Crippen molar-refractivity contribution in [2.24, 2.45) is 0 Å². The Kier molecular flexibility index (Phi) is 4.28. The van der Waals surface area contributed by atoms with Gasteiger partial charge in [0.05, 0.1) is 16.2 Å². The lowest BCUT2D eigenvalue weighted by Crippen LogP contribution is -2.03. The minimum absolute atomic E-state index is 0.0659. The Bertz CT molecular complexity index is 734. The Morgan fingerprint density at radius 3 is 1.90 bits per heavy atom. The van der Waals surface area contributed by atoms with Gasteiger partial charge >= 0.3 is 5.97 Å². The molecule has 0 aliphatic heterocycles. The molecule has 2 aromatic carbocycles. The fraction of sp³-hybridized carbons (Fsp3) is 0.133. The van der Waals surface area contributed by atoms with Crippen LogP contribution in [-0.4, -0.2) is 25.2 Å². The van der Waals surface area contributed by atoms with Gasteiger partial charge in [-0.25, -0.2) is 13.2 Å². The van der Waals surface area contributed by atoms with E-state index in [2.05, 4.69) is 5.32 Å². The Labute approximate surface area is 123 Å². The van der Waals surface area contributed by atoms with Gasteiger partial charge in [-0.05, 0) is 48.5 Å². The lowest BCUT2D eigenvalue weighted by atomic mass is 10.2. The highest BCUT2D eigenvalue weighted by Gasteiger charge is 2.10. The van der Waals surface area contributed by atoms with Crippen LogP contribution in [0.3, 0.4) is 0 Å². The molecule has 0 amide bonds. The molecule has 0 heterocycles. The third-order valence-corrected chi connectivity index (χ3v) is 4.76. The lowest BCUT2D eigenvalue weighted by molar-refractivity contribution is 0.0697. The number of carboxylic acids is 1. The third-order valence-electron chi connectivity index (χ3n) is 3.01. The monoisotopic (exact) mass is 305 g/mol. The van der Waals surface area contributed by atoms with E-state index in [4.69, 9.17) is 5.11 Å². The van der Waals surface area contributed by atoms with Crippen LogP contribution in [0.2, 0.25) is 0 Å². The first kappa shape index (κ1) is 15.1. The van der Waals surface area contributed by atoms with E-state index in [1.54, 1.807) is 43.3 Å². The van der Waals surface area contributed by atoms with Gasteiger partial charge in [-0.1, -0.05) is 6.92 Å². The Morgan fingerprint density at radius 1 is 1.00 bits per heavy atom. The van der Waals surface area contributed by atoms with Crippen LogP contribution in [0.4, 0.5) is 11.4 Å². The molecule has 6 heteroatoms. The number of benzene rings is 2. The lowest BCUT2D eigenvalue weighted by Gasteiger charge is -2.08. The largest absolute Gasteiger partial charge is 0.478 e. The zero-order valence-electron chi connectivity index (χ0n) is 11.4. The van der Waals surface area contributed by atoms with Crippen LogP contribution in [0.5, 0.6) is 0 Å². The van der Waals surface area contributed by atoms with E-state index in [-0.39, 0.29) is 16.2 Å². The highest BCUT2D eigenvalue weighted by molar-refractivity contribution is 7.91. The molecule has 110 valence electrons. The summed E-state index contributed by atoms with van der Waals surface area (Å²) in [7, 11) is -3.20. The van der Waals surface area contributed by atoms with Crippen LogP contribution in [0.1, 0.15) is 17.3 Å². The summed E-state index contributed by atoms with van der Waals surface area (Å²) >= 11 is 0. The number of carbonyl (C=O) groups is 1. The van der Waals surface area contributed by atoms with E-state index in [0.29, 0.717) is 0 Å². The minimum Gasteiger partial charge on any atom is -0.478 e. The van der Waals surface area contributed by atoms with Gasteiger partial charge in [0.2, 0.25) is 0 Å². The molecule has 0 spiro atoms. The molecular formula is C15H15NO4S. The predicted molar refractivity (Wildman–Crippen MR) is 80.9 cm³/mol. The smallest absolute Gasteiger partial charge is 0.335 e. The van der Waals surface area contributed by atoms with Gasteiger partial charge in [0.15, 0.2) is 9.84 Å². The number of hydrogen-bond donors (Lipinski definition) is 2. The molecule has 0 saturated carbocycles. The maximum Gasteiger partial charge on any atom is 0.335 e. The fourth-order valence-corrected chi connectivity index (χ4v) is 2.66. The molecule has 0 unspecified atom stereocenters. The number of rotatable bonds is 5. The molecule has 21 heavy (non-hydrogen) atoms. The number of hydrogen-bond acceptors (Lipinski definition) is 4. The summed E-state index contributed by atoms with van der Waals surface area (Å²) in [5, 5.41) is 11.9. The second-order valence-corrected chi connectivity index (χ2v) is 6.71. The van der Waals surface area contributed by atoms with Gasteiger partial charge < -0.3 is 10.4 Å². The number of aromatic carboxylic acids is 1. The van der Waals surface area contributed by atoms with E-state index in [1.165, 1.54) is 12.1 Å². The molecule has 0 aliphatic carbocycles. The van der Waals surface area contributed by atoms with Gasteiger partial charge in [0.1, 0.15) is 0 Å². The summed E-state index contributed by atoms with van der Waals surface area (Å²) < 4.78 is 23.4. The van der Waals surface area contributed by atoms with E-state index in [9.17, 15) is 13.2 Å². The van der Waals surface area contributed by atoms with Gasteiger partial charge in [0, 0.05) is 11.4 Å². The molecule has 0 atom stereocenters. The normalized spacial score (nSPS) is 11.1. The average Bonchev–Trinajstić information content (AvgIpc) is 2.48. The van der Waals surface area contributed by atoms with Crippen molar-refractivity contribution in [1.82, 2.24) is 0 Å². The van der Waals surface area contributed by atoms with Gasteiger partial charge in [-0.3, -0.25) is 0 Å². The summed E-state index contributed by atoms with van der Waals surface area (Å²) in [6.07, 6.45) is 0. The van der Waals surface area contributed by atoms with Crippen LogP contribution in [-0.2, 0) is 9.84 Å². The van der Waals surface area contributed by atoms with Gasteiger partial charge in [-0.2, -0.15) is 0 Å².